The van der Waals surface area contributed by atoms with Gasteiger partial charge in [0.15, 0.2) is 5.13 Å². The standard InChI is InChI=1S/C15H11N5OS/c1-20-13(6-7-17-20)14(21)19-15-18-12(9-22-15)11-4-2-10(8-16)3-5-11/h2-7,9H,1H3,(H,18,19,21). The van der Waals surface area contributed by atoms with Crippen LogP contribution in [0.1, 0.15) is 16.1 Å². The van der Waals surface area contributed by atoms with Gasteiger partial charge in [0.1, 0.15) is 5.69 Å². The van der Waals surface area contributed by atoms with Crippen LogP contribution in [0.3, 0.4) is 0 Å². The molecule has 0 aliphatic rings. The number of carbonyl (C=O) groups excluding carboxylic acids is 1. The lowest BCUT2D eigenvalue weighted by atomic mass is 10.1. The Morgan fingerprint density at radius 1 is 1.32 bits per heavy atom. The fraction of sp³-hybridized carbons (Fsp3) is 0.0667. The van der Waals surface area contributed by atoms with Gasteiger partial charge < -0.3 is 0 Å². The Bertz CT molecular complexity index is 857. The van der Waals surface area contributed by atoms with E-state index in [2.05, 4.69) is 21.5 Å². The molecule has 3 aromatic rings. The van der Waals surface area contributed by atoms with Crippen LogP contribution >= 0.6 is 11.3 Å². The fourth-order valence-corrected chi connectivity index (χ4v) is 2.65. The molecule has 0 atom stereocenters. The van der Waals surface area contributed by atoms with E-state index in [0.29, 0.717) is 16.4 Å². The molecule has 1 N–H and O–H groups in total. The van der Waals surface area contributed by atoms with Crippen LogP contribution in [0.4, 0.5) is 5.13 Å². The van der Waals surface area contributed by atoms with Crippen LogP contribution in [-0.4, -0.2) is 20.7 Å². The summed E-state index contributed by atoms with van der Waals surface area (Å²) in [6.07, 6.45) is 1.57. The van der Waals surface area contributed by atoms with E-state index in [1.807, 2.05) is 17.5 Å². The highest BCUT2D eigenvalue weighted by Crippen LogP contribution is 2.25. The number of carbonyl (C=O) groups is 1. The van der Waals surface area contributed by atoms with Gasteiger partial charge in [0.25, 0.3) is 5.91 Å². The molecule has 6 nitrogen and oxygen atoms in total. The number of aryl methyl sites for hydroxylation is 1. The van der Waals surface area contributed by atoms with Crippen LogP contribution in [0.2, 0.25) is 0 Å². The number of aromatic nitrogens is 3. The van der Waals surface area contributed by atoms with Gasteiger partial charge in [0.2, 0.25) is 0 Å². The van der Waals surface area contributed by atoms with Gasteiger partial charge in [-0.05, 0) is 18.2 Å². The molecule has 108 valence electrons. The third-order valence-corrected chi connectivity index (χ3v) is 3.85. The lowest BCUT2D eigenvalue weighted by Crippen LogP contribution is -2.15. The third kappa shape index (κ3) is 2.73. The van der Waals surface area contributed by atoms with Crippen molar-refractivity contribution in [3.63, 3.8) is 0 Å². The second kappa shape index (κ2) is 5.79. The maximum absolute atomic E-state index is 12.1. The Hall–Kier alpha value is -2.98. The molecule has 0 fully saturated rings. The highest BCUT2D eigenvalue weighted by atomic mass is 32.1. The summed E-state index contributed by atoms with van der Waals surface area (Å²) in [5.41, 5.74) is 2.73. The number of amides is 1. The predicted molar refractivity (Wildman–Crippen MR) is 83.4 cm³/mol. The SMILES string of the molecule is Cn1nccc1C(=O)Nc1nc(-c2ccc(C#N)cc2)cs1. The average molecular weight is 309 g/mol. The van der Waals surface area contributed by atoms with E-state index < -0.39 is 0 Å². The quantitative estimate of drug-likeness (QED) is 0.806. The minimum Gasteiger partial charge on any atom is -0.296 e. The first-order chi connectivity index (χ1) is 10.7. The second-order valence-corrected chi connectivity index (χ2v) is 5.38. The zero-order valence-electron chi connectivity index (χ0n) is 11.6. The molecule has 0 spiro atoms. The summed E-state index contributed by atoms with van der Waals surface area (Å²) in [7, 11) is 1.71. The molecular weight excluding hydrogens is 298 g/mol. The van der Waals surface area contributed by atoms with Crippen molar-refractivity contribution in [1.82, 2.24) is 14.8 Å². The smallest absolute Gasteiger partial charge is 0.275 e. The van der Waals surface area contributed by atoms with E-state index in [-0.39, 0.29) is 5.91 Å². The lowest BCUT2D eigenvalue weighted by molar-refractivity contribution is 0.101. The Balaban J connectivity index is 1.77. The molecule has 1 amide bonds. The number of nitriles is 1. The van der Waals surface area contributed by atoms with Gasteiger partial charge >= 0.3 is 0 Å². The van der Waals surface area contributed by atoms with Crippen LogP contribution in [0.5, 0.6) is 0 Å². The summed E-state index contributed by atoms with van der Waals surface area (Å²) < 4.78 is 1.50. The van der Waals surface area contributed by atoms with Crippen molar-refractivity contribution in [2.45, 2.75) is 0 Å². The number of anilines is 1. The number of rotatable bonds is 3. The van der Waals surface area contributed by atoms with Crippen LogP contribution in [0.15, 0.2) is 41.9 Å². The summed E-state index contributed by atoms with van der Waals surface area (Å²) in [6, 6.07) is 10.9. The summed E-state index contributed by atoms with van der Waals surface area (Å²) in [6.45, 7) is 0. The van der Waals surface area contributed by atoms with Crippen molar-refractivity contribution >= 4 is 22.4 Å². The zero-order chi connectivity index (χ0) is 15.5. The molecule has 0 unspecified atom stereocenters. The van der Waals surface area contributed by atoms with Gasteiger partial charge in [-0.25, -0.2) is 4.98 Å². The first-order valence-corrected chi connectivity index (χ1v) is 7.31. The minimum absolute atomic E-state index is 0.249. The van der Waals surface area contributed by atoms with E-state index >= 15 is 0 Å². The van der Waals surface area contributed by atoms with Crippen molar-refractivity contribution < 1.29 is 4.79 Å². The van der Waals surface area contributed by atoms with E-state index in [4.69, 9.17) is 5.26 Å². The van der Waals surface area contributed by atoms with Gasteiger partial charge in [0.05, 0.1) is 17.3 Å². The summed E-state index contributed by atoms with van der Waals surface area (Å²) in [5, 5.41) is 17.9. The molecular formula is C15H11N5OS. The average Bonchev–Trinajstić information content (AvgIpc) is 3.16. The van der Waals surface area contributed by atoms with Gasteiger partial charge in [0, 0.05) is 24.2 Å². The zero-order valence-corrected chi connectivity index (χ0v) is 12.5. The molecule has 7 heteroatoms. The van der Waals surface area contributed by atoms with E-state index in [1.165, 1.54) is 16.0 Å². The minimum atomic E-state index is -0.249. The van der Waals surface area contributed by atoms with E-state index in [9.17, 15) is 4.79 Å². The topological polar surface area (TPSA) is 83.6 Å². The number of nitrogens with zero attached hydrogens (tertiary/aromatic N) is 4. The number of thiazole rings is 1. The van der Waals surface area contributed by atoms with Crippen molar-refractivity contribution in [2.75, 3.05) is 5.32 Å². The largest absolute Gasteiger partial charge is 0.296 e. The number of hydrogen-bond donors (Lipinski definition) is 1. The molecule has 1 aromatic carbocycles. The van der Waals surface area contributed by atoms with Crippen molar-refractivity contribution in [3.8, 4) is 17.3 Å². The highest BCUT2D eigenvalue weighted by molar-refractivity contribution is 7.14. The van der Waals surface area contributed by atoms with Crippen LogP contribution in [-0.2, 0) is 7.05 Å². The second-order valence-electron chi connectivity index (χ2n) is 4.52. The Labute approximate surface area is 130 Å². The molecule has 22 heavy (non-hydrogen) atoms. The van der Waals surface area contributed by atoms with Crippen LogP contribution in [0.25, 0.3) is 11.3 Å². The van der Waals surface area contributed by atoms with Crippen LogP contribution < -0.4 is 5.32 Å². The molecule has 2 heterocycles. The fourth-order valence-electron chi connectivity index (χ4n) is 1.94. The lowest BCUT2D eigenvalue weighted by Gasteiger charge is -2.01. The maximum Gasteiger partial charge on any atom is 0.275 e. The van der Waals surface area contributed by atoms with Crippen LogP contribution in [0, 0.1) is 11.3 Å². The first kappa shape index (κ1) is 14.0. The van der Waals surface area contributed by atoms with Gasteiger partial charge in [-0.15, -0.1) is 11.3 Å². The summed E-state index contributed by atoms with van der Waals surface area (Å²) in [5.74, 6) is -0.249. The Morgan fingerprint density at radius 2 is 2.09 bits per heavy atom. The maximum atomic E-state index is 12.1. The van der Waals surface area contributed by atoms with Crippen molar-refractivity contribution in [1.29, 1.82) is 5.26 Å². The molecule has 0 radical (unpaired) electrons. The molecule has 0 saturated heterocycles. The monoisotopic (exact) mass is 309 g/mol. The van der Waals surface area contributed by atoms with Crippen molar-refractivity contribution in [3.05, 3.63) is 53.2 Å². The molecule has 0 aliphatic heterocycles. The number of nitrogens with one attached hydrogen (secondary N) is 1. The van der Waals surface area contributed by atoms with Gasteiger partial charge in [-0.3, -0.25) is 14.8 Å². The molecule has 2 aromatic heterocycles. The Morgan fingerprint density at radius 3 is 2.73 bits per heavy atom. The summed E-state index contributed by atoms with van der Waals surface area (Å²) >= 11 is 1.35. The van der Waals surface area contributed by atoms with Crippen molar-refractivity contribution in [2.24, 2.45) is 7.05 Å². The molecule has 3 rings (SSSR count). The molecule has 0 bridgehead atoms. The van der Waals surface area contributed by atoms with Gasteiger partial charge in [-0.2, -0.15) is 10.4 Å². The normalized spacial score (nSPS) is 10.2. The van der Waals surface area contributed by atoms with E-state index in [0.717, 1.165) is 11.3 Å². The Kier molecular flexibility index (Phi) is 3.68. The number of hydrogen-bond acceptors (Lipinski definition) is 5. The first-order valence-electron chi connectivity index (χ1n) is 6.43. The molecule has 0 saturated carbocycles. The van der Waals surface area contributed by atoms with E-state index in [1.54, 1.807) is 31.4 Å². The molecule has 0 aliphatic carbocycles. The third-order valence-electron chi connectivity index (χ3n) is 3.09. The predicted octanol–water partition coefficient (Wildman–Crippen LogP) is 2.67. The van der Waals surface area contributed by atoms with Gasteiger partial charge in [-0.1, -0.05) is 12.1 Å². The summed E-state index contributed by atoms with van der Waals surface area (Å²) in [4.78, 5) is 16.5. The number of benzene rings is 1. The highest BCUT2D eigenvalue weighted by Gasteiger charge is 2.12.